The number of aliphatic hydroxyl groups excluding tert-OH is 1. The highest BCUT2D eigenvalue weighted by molar-refractivity contribution is 5.91. The van der Waals surface area contributed by atoms with E-state index in [9.17, 15) is 9.90 Å². The zero-order valence-electron chi connectivity index (χ0n) is 20.8. The Morgan fingerprint density at radius 1 is 1.17 bits per heavy atom. The van der Waals surface area contributed by atoms with Crippen LogP contribution in [0.15, 0.2) is 30.3 Å². The van der Waals surface area contributed by atoms with Crippen LogP contribution in [0, 0.1) is 12.8 Å². The highest BCUT2D eigenvalue weighted by Gasteiger charge is 2.28. The molecule has 1 aromatic carbocycles. The van der Waals surface area contributed by atoms with E-state index in [1.165, 1.54) is 0 Å². The second-order valence-corrected chi connectivity index (χ2v) is 10.1. The van der Waals surface area contributed by atoms with Gasteiger partial charge in [-0.25, -0.2) is 9.78 Å². The standard InChI is InChI=1S/C27H37N5O3/c1-3-19-6-7-32(17-19)27(34)29-21-5-4-18(2)24(16-21)20-12-25(28-22-14-23(33)15-22)30-26(13-20)31-8-10-35-11-9-31/h4-5,12-13,16,19,22-23,33H,3,6-11,14-15,17H2,1-2H3,(H,28,30)(H,29,34)/t19-,22-,23-/m1/s1. The molecule has 1 aliphatic carbocycles. The van der Waals surface area contributed by atoms with E-state index in [-0.39, 0.29) is 18.2 Å². The van der Waals surface area contributed by atoms with Crippen LogP contribution in [-0.4, -0.2) is 72.6 Å². The first kappa shape index (κ1) is 23.9. The molecular weight excluding hydrogens is 442 g/mol. The van der Waals surface area contributed by atoms with Crippen LogP contribution in [0.2, 0.25) is 0 Å². The number of benzene rings is 1. The van der Waals surface area contributed by atoms with Crippen molar-refractivity contribution in [3.8, 4) is 11.1 Å². The number of anilines is 3. The van der Waals surface area contributed by atoms with Crippen LogP contribution in [0.25, 0.3) is 11.1 Å². The molecule has 5 rings (SSSR count). The number of hydrogen-bond acceptors (Lipinski definition) is 6. The van der Waals surface area contributed by atoms with Gasteiger partial charge in [-0.1, -0.05) is 19.4 Å². The second-order valence-electron chi connectivity index (χ2n) is 10.1. The van der Waals surface area contributed by atoms with E-state index in [1.807, 2.05) is 11.0 Å². The van der Waals surface area contributed by atoms with E-state index < -0.39 is 0 Å². The maximum absolute atomic E-state index is 12.9. The number of aliphatic hydroxyl groups is 1. The average molecular weight is 480 g/mol. The highest BCUT2D eigenvalue weighted by Crippen LogP contribution is 2.33. The molecule has 1 atom stereocenters. The van der Waals surface area contributed by atoms with Gasteiger partial charge in [-0.2, -0.15) is 0 Å². The zero-order valence-corrected chi connectivity index (χ0v) is 20.8. The van der Waals surface area contributed by atoms with Crippen LogP contribution in [0.4, 0.5) is 22.1 Å². The van der Waals surface area contributed by atoms with E-state index in [0.717, 1.165) is 85.9 Å². The lowest BCUT2D eigenvalue weighted by Crippen LogP contribution is -2.39. The van der Waals surface area contributed by atoms with Gasteiger partial charge < -0.3 is 30.3 Å². The molecule has 3 aliphatic rings. The van der Waals surface area contributed by atoms with Crippen LogP contribution >= 0.6 is 0 Å². The third kappa shape index (κ3) is 5.54. The molecule has 0 unspecified atom stereocenters. The lowest BCUT2D eigenvalue weighted by atomic mass is 9.89. The Balaban J connectivity index is 1.40. The number of carbonyl (C=O) groups excluding carboxylic acids is 1. The van der Waals surface area contributed by atoms with Crippen molar-refractivity contribution in [1.29, 1.82) is 0 Å². The summed E-state index contributed by atoms with van der Waals surface area (Å²) in [6, 6.07) is 10.5. The molecule has 1 aromatic heterocycles. The smallest absolute Gasteiger partial charge is 0.321 e. The van der Waals surface area contributed by atoms with Gasteiger partial charge in [-0.05, 0) is 73.1 Å². The Morgan fingerprint density at radius 2 is 1.97 bits per heavy atom. The van der Waals surface area contributed by atoms with Crippen molar-refractivity contribution < 1.29 is 14.6 Å². The molecule has 0 bridgehead atoms. The molecule has 3 N–H and O–H groups in total. The number of likely N-dealkylation sites (tertiary alicyclic amines) is 1. The molecule has 0 radical (unpaired) electrons. The van der Waals surface area contributed by atoms with Gasteiger partial charge in [0.1, 0.15) is 11.6 Å². The van der Waals surface area contributed by atoms with E-state index in [1.54, 1.807) is 0 Å². The monoisotopic (exact) mass is 479 g/mol. The molecular formula is C27H37N5O3. The molecule has 0 spiro atoms. The van der Waals surface area contributed by atoms with Crippen molar-refractivity contribution in [2.45, 2.75) is 51.7 Å². The lowest BCUT2D eigenvalue weighted by molar-refractivity contribution is 0.0835. The van der Waals surface area contributed by atoms with Crippen LogP contribution in [0.1, 0.15) is 38.2 Å². The summed E-state index contributed by atoms with van der Waals surface area (Å²) in [5.41, 5.74) is 4.07. The van der Waals surface area contributed by atoms with E-state index in [0.29, 0.717) is 19.1 Å². The summed E-state index contributed by atoms with van der Waals surface area (Å²) in [4.78, 5) is 21.9. The van der Waals surface area contributed by atoms with Crippen LogP contribution in [-0.2, 0) is 4.74 Å². The Morgan fingerprint density at radius 3 is 2.69 bits per heavy atom. The number of hydrogen-bond donors (Lipinski definition) is 3. The fourth-order valence-electron chi connectivity index (χ4n) is 5.18. The first-order valence-electron chi connectivity index (χ1n) is 12.9. The Labute approximate surface area is 207 Å². The maximum atomic E-state index is 12.9. The number of nitrogens with one attached hydrogen (secondary N) is 2. The minimum absolute atomic E-state index is 0.0228. The molecule has 8 heteroatoms. The largest absolute Gasteiger partial charge is 0.393 e. The molecule has 188 valence electrons. The number of aromatic nitrogens is 1. The number of ether oxygens (including phenoxy) is 1. The number of urea groups is 1. The molecule has 2 saturated heterocycles. The molecule has 1 saturated carbocycles. The average Bonchev–Trinajstić information content (AvgIpc) is 3.34. The van der Waals surface area contributed by atoms with Crippen LogP contribution in [0.3, 0.4) is 0 Å². The molecule has 3 fully saturated rings. The number of rotatable bonds is 6. The summed E-state index contributed by atoms with van der Waals surface area (Å²) in [5, 5.41) is 16.3. The van der Waals surface area contributed by atoms with E-state index in [2.05, 4.69) is 53.6 Å². The first-order valence-corrected chi connectivity index (χ1v) is 12.9. The van der Waals surface area contributed by atoms with Gasteiger partial charge in [0.15, 0.2) is 0 Å². The number of pyridine rings is 1. The van der Waals surface area contributed by atoms with Crippen molar-refractivity contribution in [2.75, 3.05) is 54.9 Å². The van der Waals surface area contributed by atoms with Gasteiger partial charge in [0.2, 0.25) is 0 Å². The molecule has 8 nitrogen and oxygen atoms in total. The van der Waals surface area contributed by atoms with Gasteiger partial charge >= 0.3 is 6.03 Å². The van der Waals surface area contributed by atoms with Gasteiger partial charge in [0.05, 0.1) is 19.3 Å². The quantitative estimate of drug-likeness (QED) is 0.578. The zero-order chi connectivity index (χ0) is 24.4. The fourth-order valence-corrected chi connectivity index (χ4v) is 5.18. The Hall–Kier alpha value is -2.84. The number of carbonyl (C=O) groups is 1. The predicted octanol–water partition coefficient (Wildman–Crippen LogP) is 4.09. The molecule has 35 heavy (non-hydrogen) atoms. The Kier molecular flexibility index (Phi) is 7.11. The van der Waals surface area contributed by atoms with Gasteiger partial charge in [0.25, 0.3) is 0 Å². The number of morpholine rings is 1. The number of nitrogens with zero attached hydrogens (tertiary/aromatic N) is 3. The van der Waals surface area contributed by atoms with Gasteiger partial charge in [0, 0.05) is 37.9 Å². The summed E-state index contributed by atoms with van der Waals surface area (Å²) >= 11 is 0. The second kappa shape index (κ2) is 10.4. The van der Waals surface area contributed by atoms with Crippen molar-refractivity contribution >= 4 is 23.4 Å². The predicted molar refractivity (Wildman–Crippen MR) is 139 cm³/mol. The summed E-state index contributed by atoms with van der Waals surface area (Å²) in [6.07, 6.45) is 3.46. The molecule has 2 aliphatic heterocycles. The van der Waals surface area contributed by atoms with Crippen molar-refractivity contribution in [1.82, 2.24) is 9.88 Å². The fraction of sp³-hybridized carbons (Fsp3) is 0.556. The maximum Gasteiger partial charge on any atom is 0.321 e. The molecule has 2 aromatic rings. The normalized spacial score (nSPS) is 24.3. The summed E-state index contributed by atoms with van der Waals surface area (Å²) < 4.78 is 5.54. The van der Waals surface area contributed by atoms with E-state index in [4.69, 9.17) is 9.72 Å². The van der Waals surface area contributed by atoms with Gasteiger partial charge in [-0.3, -0.25) is 0 Å². The minimum Gasteiger partial charge on any atom is -0.393 e. The van der Waals surface area contributed by atoms with Gasteiger partial charge in [-0.15, -0.1) is 0 Å². The third-order valence-corrected chi connectivity index (χ3v) is 7.56. The van der Waals surface area contributed by atoms with Crippen LogP contribution < -0.4 is 15.5 Å². The number of aryl methyl sites for hydroxylation is 1. The molecule has 2 amide bonds. The van der Waals surface area contributed by atoms with E-state index >= 15 is 0 Å². The summed E-state index contributed by atoms with van der Waals surface area (Å²) in [5.74, 6) is 2.34. The lowest BCUT2D eigenvalue weighted by Gasteiger charge is -2.33. The van der Waals surface area contributed by atoms with Crippen molar-refractivity contribution in [3.63, 3.8) is 0 Å². The minimum atomic E-state index is -0.222. The third-order valence-electron chi connectivity index (χ3n) is 7.56. The summed E-state index contributed by atoms with van der Waals surface area (Å²) in [6.45, 7) is 8.94. The van der Waals surface area contributed by atoms with Crippen molar-refractivity contribution in [3.05, 3.63) is 35.9 Å². The summed E-state index contributed by atoms with van der Waals surface area (Å²) in [7, 11) is 0. The molecule has 3 heterocycles. The highest BCUT2D eigenvalue weighted by atomic mass is 16.5. The van der Waals surface area contributed by atoms with Crippen LogP contribution in [0.5, 0.6) is 0 Å². The van der Waals surface area contributed by atoms with Crippen molar-refractivity contribution in [2.24, 2.45) is 5.92 Å². The first-order chi connectivity index (χ1) is 17.0. The topological polar surface area (TPSA) is 90.0 Å². The SMILES string of the molecule is CC[C@@H]1CCN(C(=O)Nc2ccc(C)c(-c3cc(N[C@H]4C[C@H](O)C4)nc(N4CCOCC4)c3)c2)C1. The number of amides is 2. The Bertz CT molecular complexity index is 1050.